The average molecular weight is 408 g/mol. The van der Waals surface area contributed by atoms with Gasteiger partial charge in [-0.3, -0.25) is 4.79 Å². The molecular weight excluding hydrogens is 386 g/mol. The number of carbonyl (C=O) groups is 1. The lowest BCUT2D eigenvalue weighted by Gasteiger charge is -2.14. The summed E-state index contributed by atoms with van der Waals surface area (Å²) in [4.78, 5) is 13.0. The Morgan fingerprint density at radius 2 is 1.96 bits per heavy atom. The monoisotopic (exact) mass is 407 g/mol. The molecule has 1 aliphatic heterocycles. The number of benzene rings is 1. The molecule has 0 bridgehead atoms. The molecule has 1 fully saturated rings. The summed E-state index contributed by atoms with van der Waals surface area (Å²) >= 11 is 6.04. The molecule has 4 rings (SSSR count). The zero-order valence-electron chi connectivity index (χ0n) is 15.1. The van der Waals surface area contributed by atoms with Crippen LogP contribution in [0.4, 0.5) is 0 Å². The Morgan fingerprint density at radius 1 is 1.22 bits per heavy atom. The van der Waals surface area contributed by atoms with Gasteiger partial charge >= 0.3 is 0 Å². The van der Waals surface area contributed by atoms with Gasteiger partial charge in [-0.25, -0.2) is 8.42 Å². The van der Waals surface area contributed by atoms with E-state index >= 15 is 0 Å². The third-order valence-electron chi connectivity index (χ3n) is 5.40. The molecule has 144 valence electrons. The van der Waals surface area contributed by atoms with Crippen LogP contribution in [-0.2, 0) is 23.5 Å². The summed E-state index contributed by atoms with van der Waals surface area (Å²) in [5.74, 6) is -0.270. The molecule has 2 aliphatic rings. The molecule has 6 nitrogen and oxygen atoms in total. The largest absolute Gasteiger partial charge is 0.345 e. The van der Waals surface area contributed by atoms with E-state index in [1.54, 1.807) is 11.6 Å². The van der Waals surface area contributed by atoms with Crippen molar-refractivity contribution in [3.63, 3.8) is 0 Å². The van der Waals surface area contributed by atoms with Crippen LogP contribution in [0.15, 0.2) is 35.4 Å². The summed E-state index contributed by atoms with van der Waals surface area (Å²) in [6.45, 7) is 1.08. The van der Waals surface area contributed by atoms with Crippen molar-refractivity contribution < 1.29 is 13.2 Å². The molecule has 0 radical (unpaired) electrons. The Bertz CT molecular complexity index is 994. The fourth-order valence-corrected chi connectivity index (χ4v) is 5.73. The van der Waals surface area contributed by atoms with Gasteiger partial charge in [-0.05, 0) is 55.0 Å². The number of amides is 1. The van der Waals surface area contributed by atoms with E-state index in [0.717, 1.165) is 36.8 Å². The summed E-state index contributed by atoms with van der Waals surface area (Å²) in [5.41, 5.74) is 2.57. The van der Waals surface area contributed by atoms with Crippen LogP contribution in [0, 0.1) is 0 Å². The van der Waals surface area contributed by atoms with E-state index in [1.165, 1.54) is 16.6 Å². The number of aromatic nitrogens is 1. The van der Waals surface area contributed by atoms with Gasteiger partial charge in [0.2, 0.25) is 10.0 Å². The van der Waals surface area contributed by atoms with Crippen LogP contribution < -0.4 is 5.32 Å². The van der Waals surface area contributed by atoms with Gasteiger partial charge in [-0.15, -0.1) is 0 Å². The first-order chi connectivity index (χ1) is 12.9. The number of halogens is 1. The number of fused-ring (bicyclic) bond motifs is 1. The minimum Gasteiger partial charge on any atom is -0.345 e. The standard InChI is InChI=1S/C19H22ClN3O3S/c1-22-12-15(27(25,26)23-8-2-3-9-23)11-18(22)19(24)21-17-7-4-13-10-14(20)5-6-16(13)17/h5-6,10-12,17H,2-4,7-9H2,1H3,(H,21,24). The number of nitrogens with zero attached hydrogens (tertiary/aromatic N) is 2. The van der Waals surface area contributed by atoms with Gasteiger partial charge in [-0.2, -0.15) is 4.31 Å². The summed E-state index contributed by atoms with van der Waals surface area (Å²) in [7, 11) is -1.84. The topological polar surface area (TPSA) is 71.4 Å². The molecule has 0 saturated carbocycles. The summed E-state index contributed by atoms with van der Waals surface area (Å²) in [5, 5.41) is 3.73. The highest BCUT2D eigenvalue weighted by Gasteiger charge is 2.30. The second-order valence-corrected chi connectivity index (χ2v) is 9.57. The van der Waals surface area contributed by atoms with Crippen molar-refractivity contribution in [3.05, 3.63) is 52.3 Å². The van der Waals surface area contributed by atoms with Gasteiger partial charge in [0.05, 0.1) is 6.04 Å². The molecule has 27 heavy (non-hydrogen) atoms. The summed E-state index contributed by atoms with van der Waals surface area (Å²) in [6.07, 6.45) is 4.95. The van der Waals surface area contributed by atoms with Crippen LogP contribution in [-0.4, -0.2) is 36.3 Å². The van der Waals surface area contributed by atoms with Crippen molar-refractivity contribution in [2.45, 2.75) is 36.6 Å². The van der Waals surface area contributed by atoms with Gasteiger partial charge in [0.25, 0.3) is 5.91 Å². The number of hydrogen-bond acceptors (Lipinski definition) is 3. The molecule has 1 atom stereocenters. The van der Waals surface area contributed by atoms with E-state index < -0.39 is 10.0 Å². The predicted molar refractivity (Wildman–Crippen MR) is 103 cm³/mol. The van der Waals surface area contributed by atoms with E-state index in [4.69, 9.17) is 11.6 Å². The van der Waals surface area contributed by atoms with E-state index in [1.807, 2.05) is 18.2 Å². The van der Waals surface area contributed by atoms with Gasteiger partial charge in [-0.1, -0.05) is 17.7 Å². The Hall–Kier alpha value is -1.83. The third-order valence-corrected chi connectivity index (χ3v) is 7.50. The molecule has 1 saturated heterocycles. The molecule has 2 aromatic rings. The molecule has 1 aromatic heterocycles. The van der Waals surface area contributed by atoms with Crippen LogP contribution >= 0.6 is 11.6 Å². The SMILES string of the molecule is Cn1cc(S(=O)(=O)N2CCCC2)cc1C(=O)NC1CCc2cc(Cl)ccc21. The molecule has 1 aliphatic carbocycles. The lowest BCUT2D eigenvalue weighted by molar-refractivity contribution is 0.0928. The number of aryl methyl sites for hydroxylation is 2. The molecule has 8 heteroatoms. The minimum atomic E-state index is -3.54. The maximum atomic E-state index is 12.8. The molecule has 2 heterocycles. The lowest BCUT2D eigenvalue weighted by atomic mass is 10.1. The van der Waals surface area contributed by atoms with Crippen LogP contribution in [0.3, 0.4) is 0 Å². The molecular formula is C19H22ClN3O3S. The van der Waals surface area contributed by atoms with E-state index in [-0.39, 0.29) is 16.8 Å². The molecule has 1 N–H and O–H groups in total. The van der Waals surface area contributed by atoms with Crippen molar-refractivity contribution in [1.29, 1.82) is 0 Å². The smallest absolute Gasteiger partial charge is 0.268 e. The predicted octanol–water partition coefficient (Wildman–Crippen LogP) is 2.88. The Kier molecular flexibility index (Phi) is 4.78. The van der Waals surface area contributed by atoms with E-state index in [0.29, 0.717) is 23.8 Å². The zero-order valence-corrected chi connectivity index (χ0v) is 16.7. The van der Waals surface area contributed by atoms with Crippen LogP contribution in [0.1, 0.15) is 46.9 Å². The van der Waals surface area contributed by atoms with Crippen molar-refractivity contribution >= 4 is 27.5 Å². The third kappa shape index (κ3) is 3.39. The Labute approximate surface area is 164 Å². The summed E-state index contributed by atoms with van der Waals surface area (Å²) < 4.78 is 28.5. The maximum Gasteiger partial charge on any atom is 0.268 e. The first kappa shape index (κ1) is 18.5. The van der Waals surface area contributed by atoms with Crippen LogP contribution in [0.5, 0.6) is 0 Å². The van der Waals surface area contributed by atoms with E-state index in [9.17, 15) is 13.2 Å². The highest BCUT2D eigenvalue weighted by molar-refractivity contribution is 7.89. The van der Waals surface area contributed by atoms with Crippen LogP contribution in [0.25, 0.3) is 0 Å². The fourth-order valence-electron chi connectivity index (χ4n) is 3.95. The lowest BCUT2D eigenvalue weighted by Crippen LogP contribution is -2.28. The molecule has 1 aromatic carbocycles. The molecule has 1 unspecified atom stereocenters. The number of nitrogens with one attached hydrogen (secondary N) is 1. The Balaban J connectivity index is 1.55. The average Bonchev–Trinajstić information content (AvgIpc) is 3.35. The van der Waals surface area contributed by atoms with Gasteiger partial charge < -0.3 is 9.88 Å². The first-order valence-corrected chi connectivity index (χ1v) is 10.9. The Morgan fingerprint density at radius 3 is 2.70 bits per heavy atom. The van der Waals surface area contributed by atoms with Crippen LogP contribution in [0.2, 0.25) is 5.02 Å². The summed E-state index contributed by atoms with van der Waals surface area (Å²) in [6, 6.07) is 7.10. The fraction of sp³-hybridized carbons (Fsp3) is 0.421. The normalized spacial score (nSPS) is 20.0. The van der Waals surface area contributed by atoms with Gasteiger partial charge in [0.1, 0.15) is 10.6 Å². The van der Waals surface area contributed by atoms with Crippen molar-refractivity contribution in [3.8, 4) is 0 Å². The van der Waals surface area contributed by atoms with Crippen molar-refractivity contribution in [1.82, 2.24) is 14.2 Å². The second kappa shape index (κ2) is 6.96. The number of sulfonamides is 1. The van der Waals surface area contributed by atoms with E-state index in [2.05, 4.69) is 5.32 Å². The highest BCUT2D eigenvalue weighted by Crippen LogP contribution is 2.33. The molecule has 1 amide bonds. The maximum absolute atomic E-state index is 12.8. The van der Waals surface area contributed by atoms with Crippen molar-refractivity contribution in [2.75, 3.05) is 13.1 Å². The highest BCUT2D eigenvalue weighted by atomic mass is 35.5. The quantitative estimate of drug-likeness (QED) is 0.847. The first-order valence-electron chi connectivity index (χ1n) is 9.12. The second-order valence-electron chi connectivity index (χ2n) is 7.19. The van der Waals surface area contributed by atoms with Gasteiger partial charge in [0, 0.05) is 31.4 Å². The zero-order chi connectivity index (χ0) is 19.2. The molecule has 0 spiro atoms. The van der Waals surface area contributed by atoms with Crippen molar-refractivity contribution in [2.24, 2.45) is 7.05 Å². The number of rotatable bonds is 4. The minimum absolute atomic E-state index is 0.0849. The van der Waals surface area contributed by atoms with Gasteiger partial charge in [0.15, 0.2) is 0 Å². The number of hydrogen-bond donors (Lipinski definition) is 1. The number of carbonyl (C=O) groups excluding carboxylic acids is 1.